The third kappa shape index (κ3) is 4.50. The predicted molar refractivity (Wildman–Crippen MR) is 115 cm³/mol. The van der Waals surface area contributed by atoms with Gasteiger partial charge in [0.25, 0.3) is 0 Å². The van der Waals surface area contributed by atoms with Crippen LogP contribution in [0.2, 0.25) is 0 Å². The van der Waals surface area contributed by atoms with Crippen molar-refractivity contribution < 1.29 is 34.3 Å². The van der Waals surface area contributed by atoms with Crippen LogP contribution in [0, 0.1) is 0 Å². The van der Waals surface area contributed by atoms with Gasteiger partial charge in [-0.15, -0.1) is 0 Å². The maximum Gasteiger partial charge on any atom is 0.153 e. The molecule has 0 amide bonds. The summed E-state index contributed by atoms with van der Waals surface area (Å²) in [7, 11) is 4.48. The highest BCUT2D eigenvalue weighted by Gasteiger charge is 2.18. The SMILES string of the molecule is COc1ccc(Cc2cc(Cc3c(OC)ccc(C=O)c3O)c(O)cc2OC)c(O)c1. The summed E-state index contributed by atoms with van der Waals surface area (Å²) in [6.45, 7) is 0. The zero-order valence-corrected chi connectivity index (χ0v) is 17.5. The van der Waals surface area contributed by atoms with Gasteiger partial charge in [0, 0.05) is 30.5 Å². The third-order valence-corrected chi connectivity index (χ3v) is 5.14. The lowest BCUT2D eigenvalue weighted by Gasteiger charge is -2.16. The van der Waals surface area contributed by atoms with Crippen molar-refractivity contribution in [3.63, 3.8) is 0 Å². The van der Waals surface area contributed by atoms with Crippen molar-refractivity contribution >= 4 is 6.29 Å². The third-order valence-electron chi connectivity index (χ3n) is 5.14. The molecule has 0 fully saturated rings. The van der Waals surface area contributed by atoms with Crippen LogP contribution in [0.4, 0.5) is 0 Å². The molecule has 3 aromatic carbocycles. The second-order valence-electron chi connectivity index (χ2n) is 6.94. The molecule has 0 aliphatic heterocycles. The van der Waals surface area contributed by atoms with Gasteiger partial charge in [-0.3, -0.25) is 4.79 Å². The number of phenolic OH excluding ortho intramolecular Hbond substituents is 3. The van der Waals surface area contributed by atoms with Crippen molar-refractivity contribution in [3.8, 4) is 34.5 Å². The average molecular weight is 424 g/mol. The molecule has 0 bridgehead atoms. The molecule has 0 radical (unpaired) electrons. The Labute approximate surface area is 180 Å². The summed E-state index contributed by atoms with van der Waals surface area (Å²) in [5, 5.41) is 31.3. The van der Waals surface area contributed by atoms with Gasteiger partial charge in [-0.05, 0) is 41.0 Å². The molecule has 0 atom stereocenters. The second kappa shape index (κ2) is 9.30. The highest BCUT2D eigenvalue weighted by atomic mass is 16.5. The predicted octanol–water partition coefficient (Wildman–Crippen LogP) is 3.82. The van der Waals surface area contributed by atoms with Gasteiger partial charge in [-0.25, -0.2) is 0 Å². The number of methoxy groups -OCH3 is 3. The number of hydrogen-bond acceptors (Lipinski definition) is 7. The van der Waals surface area contributed by atoms with Crippen LogP contribution in [0.5, 0.6) is 34.5 Å². The van der Waals surface area contributed by atoms with E-state index in [1.54, 1.807) is 24.3 Å². The fraction of sp³-hybridized carbons (Fsp3) is 0.208. The van der Waals surface area contributed by atoms with Gasteiger partial charge in [0.05, 0.1) is 26.9 Å². The van der Waals surface area contributed by atoms with E-state index in [1.807, 2.05) is 0 Å². The Hall–Kier alpha value is -3.87. The van der Waals surface area contributed by atoms with Crippen LogP contribution in [0.3, 0.4) is 0 Å². The lowest BCUT2D eigenvalue weighted by Crippen LogP contribution is -2.01. The minimum Gasteiger partial charge on any atom is -0.508 e. The summed E-state index contributed by atoms with van der Waals surface area (Å²) in [4.78, 5) is 11.2. The monoisotopic (exact) mass is 424 g/mol. The van der Waals surface area contributed by atoms with Crippen molar-refractivity contribution in [1.29, 1.82) is 0 Å². The van der Waals surface area contributed by atoms with Crippen LogP contribution in [0.15, 0.2) is 42.5 Å². The zero-order valence-electron chi connectivity index (χ0n) is 17.5. The number of aromatic hydroxyl groups is 3. The first-order valence-corrected chi connectivity index (χ1v) is 9.50. The number of aldehydes is 1. The summed E-state index contributed by atoms with van der Waals surface area (Å²) in [6.07, 6.45) is 1.02. The Balaban J connectivity index is 2.03. The van der Waals surface area contributed by atoms with Crippen LogP contribution in [0.25, 0.3) is 0 Å². The first kappa shape index (κ1) is 21.8. The van der Waals surface area contributed by atoms with Crippen LogP contribution in [-0.4, -0.2) is 42.9 Å². The van der Waals surface area contributed by atoms with Crippen LogP contribution >= 0.6 is 0 Å². The van der Waals surface area contributed by atoms with Gasteiger partial charge < -0.3 is 29.5 Å². The number of benzene rings is 3. The number of hydrogen-bond donors (Lipinski definition) is 3. The van der Waals surface area contributed by atoms with Crippen molar-refractivity contribution in [1.82, 2.24) is 0 Å². The molecule has 0 saturated heterocycles. The Kier molecular flexibility index (Phi) is 6.55. The highest BCUT2D eigenvalue weighted by molar-refractivity contribution is 5.81. The number of ether oxygens (including phenoxy) is 3. The van der Waals surface area contributed by atoms with Crippen LogP contribution in [-0.2, 0) is 12.8 Å². The summed E-state index contributed by atoms with van der Waals surface area (Å²) in [5.41, 5.74) is 2.39. The largest absolute Gasteiger partial charge is 0.508 e. The van der Waals surface area contributed by atoms with Crippen molar-refractivity contribution in [2.75, 3.05) is 21.3 Å². The smallest absolute Gasteiger partial charge is 0.153 e. The number of carbonyl (C=O) groups excluding carboxylic acids is 1. The molecular formula is C24H24O7. The van der Waals surface area contributed by atoms with E-state index in [9.17, 15) is 20.1 Å². The molecule has 0 aromatic heterocycles. The molecule has 0 unspecified atom stereocenters. The molecule has 3 rings (SSSR count). The maximum absolute atomic E-state index is 11.2. The van der Waals surface area contributed by atoms with E-state index in [-0.39, 0.29) is 29.2 Å². The van der Waals surface area contributed by atoms with Crippen molar-refractivity contribution in [2.45, 2.75) is 12.8 Å². The molecule has 7 heteroatoms. The molecule has 0 spiro atoms. The maximum atomic E-state index is 11.2. The van der Waals surface area contributed by atoms with Crippen LogP contribution in [0.1, 0.15) is 32.6 Å². The topological polar surface area (TPSA) is 105 Å². The molecule has 7 nitrogen and oxygen atoms in total. The Morgan fingerprint density at radius 2 is 1.45 bits per heavy atom. The summed E-state index contributed by atoms with van der Waals surface area (Å²) in [5.74, 6) is 1.24. The van der Waals surface area contributed by atoms with Gasteiger partial charge in [-0.1, -0.05) is 6.07 Å². The van der Waals surface area contributed by atoms with Gasteiger partial charge in [0.2, 0.25) is 0 Å². The first-order valence-electron chi connectivity index (χ1n) is 9.50. The second-order valence-corrected chi connectivity index (χ2v) is 6.94. The first-order chi connectivity index (χ1) is 14.9. The van der Waals surface area contributed by atoms with E-state index in [4.69, 9.17) is 14.2 Å². The summed E-state index contributed by atoms with van der Waals surface area (Å²) in [6, 6.07) is 11.3. The fourth-order valence-corrected chi connectivity index (χ4v) is 3.44. The van der Waals surface area contributed by atoms with E-state index in [1.165, 1.54) is 39.5 Å². The molecule has 0 saturated carbocycles. The average Bonchev–Trinajstić information content (AvgIpc) is 2.78. The minimum atomic E-state index is -0.195. The molecule has 3 aromatic rings. The molecule has 0 heterocycles. The molecule has 0 aliphatic rings. The van der Waals surface area contributed by atoms with E-state index >= 15 is 0 Å². The van der Waals surface area contributed by atoms with Gasteiger partial charge >= 0.3 is 0 Å². The molecule has 162 valence electrons. The lowest BCUT2D eigenvalue weighted by molar-refractivity contribution is 0.112. The quantitative estimate of drug-likeness (QED) is 0.472. The van der Waals surface area contributed by atoms with Crippen LogP contribution < -0.4 is 14.2 Å². The van der Waals surface area contributed by atoms with Gasteiger partial charge in [0.15, 0.2) is 6.29 Å². The summed E-state index contributed by atoms with van der Waals surface area (Å²) < 4.78 is 15.8. The summed E-state index contributed by atoms with van der Waals surface area (Å²) >= 11 is 0. The van der Waals surface area contributed by atoms with Gasteiger partial charge in [0.1, 0.15) is 34.5 Å². The lowest BCUT2D eigenvalue weighted by atomic mass is 9.95. The van der Waals surface area contributed by atoms with E-state index in [2.05, 4.69) is 0 Å². The number of rotatable bonds is 8. The van der Waals surface area contributed by atoms with Gasteiger partial charge in [-0.2, -0.15) is 0 Å². The number of phenols is 3. The molecule has 0 aliphatic carbocycles. The molecule has 3 N–H and O–H groups in total. The fourth-order valence-electron chi connectivity index (χ4n) is 3.44. The minimum absolute atomic E-state index is 0.0301. The number of carbonyl (C=O) groups is 1. The van der Waals surface area contributed by atoms with E-state index < -0.39 is 0 Å². The standard InChI is InChI=1S/C24H24O7/c1-29-18-6-4-14(20(26)11-18)8-17-9-16(21(27)12-23(17)31-3)10-19-22(30-2)7-5-15(13-25)24(19)28/h4-7,9,11-13,26-28H,8,10H2,1-3H3. The normalized spacial score (nSPS) is 10.5. The zero-order chi connectivity index (χ0) is 22.5. The van der Waals surface area contributed by atoms with E-state index in [0.29, 0.717) is 46.6 Å². The highest BCUT2D eigenvalue weighted by Crippen LogP contribution is 2.38. The Morgan fingerprint density at radius 3 is 2.06 bits per heavy atom. The van der Waals surface area contributed by atoms with E-state index in [0.717, 1.165) is 5.56 Å². The molecular weight excluding hydrogens is 400 g/mol. The molecule has 31 heavy (non-hydrogen) atoms. The Bertz CT molecular complexity index is 1110. The van der Waals surface area contributed by atoms with Crippen molar-refractivity contribution in [2.24, 2.45) is 0 Å². The Morgan fingerprint density at radius 1 is 0.742 bits per heavy atom. The van der Waals surface area contributed by atoms with Crippen molar-refractivity contribution in [3.05, 3.63) is 70.3 Å².